The molecule has 0 bridgehead atoms. The molecule has 0 aromatic carbocycles. The Labute approximate surface area is 137 Å². The third kappa shape index (κ3) is 4.34. The fourth-order valence-electron chi connectivity index (χ4n) is 3.30. The van der Waals surface area contributed by atoms with Gasteiger partial charge in [0.25, 0.3) is 0 Å². The Balaban J connectivity index is 1.70. The Kier molecular flexibility index (Phi) is 5.33. The number of carbonyl (C=O) groups excluding carboxylic acids is 1. The van der Waals surface area contributed by atoms with Crippen molar-refractivity contribution in [3.8, 4) is 0 Å². The summed E-state index contributed by atoms with van der Waals surface area (Å²) in [5, 5.41) is 3.45. The van der Waals surface area contributed by atoms with Gasteiger partial charge in [-0.25, -0.2) is 4.98 Å². The van der Waals surface area contributed by atoms with Gasteiger partial charge in [0, 0.05) is 38.4 Å². The van der Waals surface area contributed by atoms with Crippen LogP contribution in [-0.2, 0) is 16.0 Å². The number of primary amides is 1. The number of aromatic nitrogens is 1. The second kappa shape index (κ2) is 7.64. The molecule has 126 valence electrons. The van der Waals surface area contributed by atoms with Crippen molar-refractivity contribution < 1.29 is 9.53 Å². The quantitative estimate of drug-likeness (QED) is 0.832. The lowest BCUT2D eigenvalue weighted by Gasteiger charge is -2.24. The van der Waals surface area contributed by atoms with Gasteiger partial charge in [0.05, 0.1) is 6.42 Å². The number of anilines is 2. The summed E-state index contributed by atoms with van der Waals surface area (Å²) in [6.07, 6.45) is 4.81. The lowest BCUT2D eigenvalue weighted by atomic mass is 10.0. The average Bonchev–Trinajstić information content (AvgIpc) is 3.09. The van der Waals surface area contributed by atoms with Gasteiger partial charge in [-0.2, -0.15) is 0 Å². The zero-order chi connectivity index (χ0) is 16.1. The van der Waals surface area contributed by atoms with E-state index in [1.807, 2.05) is 12.1 Å². The fraction of sp³-hybridized carbons (Fsp3) is 0.647. The molecule has 2 saturated heterocycles. The van der Waals surface area contributed by atoms with E-state index >= 15 is 0 Å². The lowest BCUT2D eigenvalue weighted by Crippen LogP contribution is -2.25. The summed E-state index contributed by atoms with van der Waals surface area (Å²) in [7, 11) is 0. The number of hydrogen-bond acceptors (Lipinski definition) is 5. The molecule has 1 aromatic heterocycles. The minimum Gasteiger partial charge on any atom is -0.381 e. The first kappa shape index (κ1) is 16.1. The number of rotatable bonds is 6. The second-order valence-corrected chi connectivity index (χ2v) is 6.45. The first-order valence-electron chi connectivity index (χ1n) is 8.57. The van der Waals surface area contributed by atoms with Crippen LogP contribution in [0.5, 0.6) is 0 Å². The monoisotopic (exact) mass is 318 g/mol. The molecular weight excluding hydrogens is 292 g/mol. The smallest absolute Gasteiger partial charge is 0.221 e. The van der Waals surface area contributed by atoms with Crippen LogP contribution in [0.4, 0.5) is 11.6 Å². The number of nitrogens with two attached hydrogens (primary N) is 1. The number of pyridine rings is 1. The number of hydrogen-bond donors (Lipinski definition) is 2. The number of ether oxygens (including phenoxy) is 1. The van der Waals surface area contributed by atoms with E-state index in [9.17, 15) is 4.79 Å². The number of amides is 1. The van der Waals surface area contributed by atoms with E-state index in [0.717, 1.165) is 62.9 Å². The third-order valence-corrected chi connectivity index (χ3v) is 4.64. The van der Waals surface area contributed by atoms with Crippen molar-refractivity contribution >= 4 is 17.5 Å². The molecular formula is C17H26N4O2. The van der Waals surface area contributed by atoms with Gasteiger partial charge in [-0.15, -0.1) is 0 Å². The molecule has 0 unspecified atom stereocenters. The van der Waals surface area contributed by atoms with Gasteiger partial charge >= 0.3 is 0 Å². The highest BCUT2D eigenvalue weighted by Crippen LogP contribution is 2.25. The van der Waals surface area contributed by atoms with Crippen molar-refractivity contribution in [1.82, 2.24) is 4.98 Å². The molecule has 0 aliphatic carbocycles. The normalized spacial score (nSPS) is 19.0. The van der Waals surface area contributed by atoms with Crippen LogP contribution in [0.1, 0.15) is 31.2 Å². The van der Waals surface area contributed by atoms with E-state index in [0.29, 0.717) is 5.92 Å². The number of carbonyl (C=O) groups is 1. The first-order valence-corrected chi connectivity index (χ1v) is 8.57. The zero-order valence-corrected chi connectivity index (χ0v) is 13.6. The molecule has 2 fully saturated rings. The highest BCUT2D eigenvalue weighted by Gasteiger charge is 2.19. The summed E-state index contributed by atoms with van der Waals surface area (Å²) < 4.78 is 5.40. The topological polar surface area (TPSA) is 80.5 Å². The Morgan fingerprint density at radius 1 is 1.30 bits per heavy atom. The molecule has 23 heavy (non-hydrogen) atoms. The summed E-state index contributed by atoms with van der Waals surface area (Å²) >= 11 is 0. The largest absolute Gasteiger partial charge is 0.381 e. The average molecular weight is 318 g/mol. The minimum absolute atomic E-state index is 0.249. The van der Waals surface area contributed by atoms with Crippen LogP contribution in [0, 0.1) is 5.92 Å². The van der Waals surface area contributed by atoms with Crippen molar-refractivity contribution in [2.24, 2.45) is 11.7 Å². The SMILES string of the molecule is NC(=O)Cc1ccc(NCC2CCOCC2)nc1N1CCCC1. The predicted molar refractivity (Wildman–Crippen MR) is 90.6 cm³/mol. The summed E-state index contributed by atoms with van der Waals surface area (Å²) in [6, 6.07) is 3.94. The molecule has 0 spiro atoms. The summed E-state index contributed by atoms with van der Waals surface area (Å²) in [4.78, 5) is 18.3. The Bertz CT molecular complexity index is 537. The van der Waals surface area contributed by atoms with E-state index in [-0.39, 0.29) is 12.3 Å². The van der Waals surface area contributed by atoms with Crippen molar-refractivity contribution in [2.45, 2.75) is 32.1 Å². The van der Waals surface area contributed by atoms with Gasteiger partial charge in [-0.3, -0.25) is 4.79 Å². The molecule has 0 atom stereocenters. The summed E-state index contributed by atoms with van der Waals surface area (Å²) in [5.74, 6) is 2.13. The van der Waals surface area contributed by atoms with Gasteiger partial charge in [-0.1, -0.05) is 6.07 Å². The standard InChI is InChI=1S/C17H26N4O2/c18-15(22)11-14-3-4-16(19-12-13-5-9-23-10-6-13)20-17(14)21-7-1-2-8-21/h3-4,13H,1-2,5-12H2,(H2,18,22)(H,19,20). The first-order chi connectivity index (χ1) is 11.2. The molecule has 2 aliphatic rings. The molecule has 6 heteroatoms. The highest BCUT2D eigenvalue weighted by atomic mass is 16.5. The van der Waals surface area contributed by atoms with E-state index in [1.165, 1.54) is 12.8 Å². The number of nitrogens with zero attached hydrogens (tertiary/aromatic N) is 2. The van der Waals surface area contributed by atoms with Crippen molar-refractivity contribution in [2.75, 3.05) is 43.1 Å². The molecule has 1 amide bonds. The molecule has 3 heterocycles. The van der Waals surface area contributed by atoms with Crippen molar-refractivity contribution in [1.29, 1.82) is 0 Å². The van der Waals surface area contributed by atoms with Crippen LogP contribution >= 0.6 is 0 Å². The van der Waals surface area contributed by atoms with Crippen LogP contribution in [0.3, 0.4) is 0 Å². The summed E-state index contributed by atoms with van der Waals surface area (Å²) in [5.41, 5.74) is 6.30. The Morgan fingerprint density at radius 3 is 2.74 bits per heavy atom. The molecule has 1 aromatic rings. The van der Waals surface area contributed by atoms with Gasteiger partial charge in [0.2, 0.25) is 5.91 Å². The molecule has 6 nitrogen and oxygen atoms in total. The fourth-order valence-corrected chi connectivity index (χ4v) is 3.30. The van der Waals surface area contributed by atoms with Crippen molar-refractivity contribution in [3.63, 3.8) is 0 Å². The Hall–Kier alpha value is -1.82. The second-order valence-electron chi connectivity index (χ2n) is 6.45. The van der Waals surface area contributed by atoms with E-state index < -0.39 is 0 Å². The van der Waals surface area contributed by atoms with Gasteiger partial charge in [0.15, 0.2) is 0 Å². The van der Waals surface area contributed by atoms with Gasteiger partial charge < -0.3 is 20.7 Å². The maximum absolute atomic E-state index is 11.3. The molecule has 0 saturated carbocycles. The molecule has 3 rings (SSSR count). The van der Waals surface area contributed by atoms with E-state index in [2.05, 4.69) is 10.2 Å². The Morgan fingerprint density at radius 2 is 2.04 bits per heavy atom. The van der Waals surface area contributed by atoms with Gasteiger partial charge in [-0.05, 0) is 37.7 Å². The van der Waals surface area contributed by atoms with Crippen LogP contribution in [0.15, 0.2) is 12.1 Å². The van der Waals surface area contributed by atoms with Gasteiger partial charge in [0.1, 0.15) is 11.6 Å². The van der Waals surface area contributed by atoms with Crippen LogP contribution in [-0.4, -0.2) is 43.7 Å². The zero-order valence-electron chi connectivity index (χ0n) is 13.6. The third-order valence-electron chi connectivity index (χ3n) is 4.64. The molecule has 3 N–H and O–H groups in total. The molecule has 0 radical (unpaired) electrons. The number of nitrogens with one attached hydrogen (secondary N) is 1. The van der Waals surface area contributed by atoms with E-state index in [1.54, 1.807) is 0 Å². The minimum atomic E-state index is -0.310. The predicted octanol–water partition coefficient (Wildman–Crippen LogP) is 1.55. The van der Waals surface area contributed by atoms with Crippen molar-refractivity contribution in [3.05, 3.63) is 17.7 Å². The van der Waals surface area contributed by atoms with Crippen LogP contribution < -0.4 is 16.0 Å². The maximum Gasteiger partial charge on any atom is 0.221 e. The molecule has 2 aliphatic heterocycles. The van der Waals surface area contributed by atoms with E-state index in [4.69, 9.17) is 15.5 Å². The highest BCUT2D eigenvalue weighted by molar-refractivity contribution is 5.78. The van der Waals surface area contributed by atoms with Crippen LogP contribution in [0.25, 0.3) is 0 Å². The summed E-state index contributed by atoms with van der Waals surface area (Å²) in [6.45, 7) is 4.64. The van der Waals surface area contributed by atoms with Crippen LogP contribution in [0.2, 0.25) is 0 Å². The lowest BCUT2D eigenvalue weighted by molar-refractivity contribution is -0.117. The maximum atomic E-state index is 11.3.